The van der Waals surface area contributed by atoms with E-state index in [9.17, 15) is 9.59 Å². The standard InChI is InChI=1S/C21H23N5O3/c1-12(2)29-15-9-7-14(8-10-15)19(27)23-18-11-13(3)25-26(18)21-22-17-6-4-5-16(17)20(28)24-21/h7-12H,4-6H2,1-3H3,(H,23,27)(H,22,24,28). The molecule has 1 aromatic carbocycles. The molecule has 150 valence electrons. The van der Waals surface area contributed by atoms with Gasteiger partial charge in [0.15, 0.2) is 0 Å². The number of amides is 1. The van der Waals surface area contributed by atoms with Gasteiger partial charge in [-0.3, -0.25) is 14.6 Å². The molecule has 0 radical (unpaired) electrons. The van der Waals surface area contributed by atoms with Crippen LogP contribution in [0.15, 0.2) is 35.1 Å². The van der Waals surface area contributed by atoms with E-state index in [1.807, 2.05) is 20.8 Å². The predicted octanol–water partition coefficient (Wildman–Crippen LogP) is 2.79. The zero-order chi connectivity index (χ0) is 20.5. The average Bonchev–Trinajstić information content (AvgIpc) is 3.28. The molecule has 4 rings (SSSR count). The highest BCUT2D eigenvalue weighted by atomic mass is 16.5. The molecule has 8 heteroatoms. The van der Waals surface area contributed by atoms with Crippen LogP contribution in [0.25, 0.3) is 5.95 Å². The number of anilines is 1. The van der Waals surface area contributed by atoms with E-state index in [-0.39, 0.29) is 17.6 Å². The largest absolute Gasteiger partial charge is 0.491 e. The second kappa shape index (κ2) is 7.54. The number of H-pyrrole nitrogens is 1. The Morgan fingerprint density at radius 3 is 2.72 bits per heavy atom. The van der Waals surface area contributed by atoms with Crippen LogP contribution < -0.4 is 15.6 Å². The van der Waals surface area contributed by atoms with Crippen LogP contribution in [0.5, 0.6) is 5.75 Å². The van der Waals surface area contributed by atoms with Crippen molar-refractivity contribution in [2.75, 3.05) is 5.32 Å². The lowest BCUT2D eigenvalue weighted by Gasteiger charge is -2.11. The number of aryl methyl sites for hydroxylation is 2. The Kier molecular flexibility index (Phi) is 4.92. The van der Waals surface area contributed by atoms with E-state index in [0.717, 1.165) is 30.5 Å². The molecular weight excluding hydrogens is 370 g/mol. The lowest BCUT2D eigenvalue weighted by molar-refractivity contribution is 0.102. The number of fused-ring (bicyclic) bond motifs is 1. The number of aromatic amines is 1. The number of carbonyl (C=O) groups excluding carboxylic acids is 1. The molecule has 0 saturated carbocycles. The zero-order valence-corrected chi connectivity index (χ0v) is 16.7. The molecule has 3 aromatic rings. The molecule has 0 bridgehead atoms. The van der Waals surface area contributed by atoms with Gasteiger partial charge >= 0.3 is 0 Å². The fourth-order valence-corrected chi connectivity index (χ4v) is 3.42. The van der Waals surface area contributed by atoms with Gasteiger partial charge in [0.25, 0.3) is 11.5 Å². The van der Waals surface area contributed by atoms with Crippen LogP contribution in [0.3, 0.4) is 0 Å². The van der Waals surface area contributed by atoms with E-state index >= 15 is 0 Å². The van der Waals surface area contributed by atoms with Gasteiger partial charge in [-0.2, -0.15) is 9.78 Å². The Hall–Kier alpha value is -3.42. The number of rotatable bonds is 5. The molecule has 2 aromatic heterocycles. The number of nitrogens with zero attached hydrogens (tertiary/aromatic N) is 3. The van der Waals surface area contributed by atoms with Crippen molar-refractivity contribution >= 4 is 11.7 Å². The summed E-state index contributed by atoms with van der Waals surface area (Å²) in [5, 5.41) is 7.24. The highest BCUT2D eigenvalue weighted by Crippen LogP contribution is 2.20. The van der Waals surface area contributed by atoms with Gasteiger partial charge in [-0.1, -0.05) is 0 Å². The molecule has 1 aliphatic rings. The van der Waals surface area contributed by atoms with Crippen LogP contribution >= 0.6 is 0 Å². The van der Waals surface area contributed by atoms with Crippen molar-refractivity contribution in [3.63, 3.8) is 0 Å². The highest BCUT2D eigenvalue weighted by Gasteiger charge is 2.20. The zero-order valence-electron chi connectivity index (χ0n) is 16.7. The maximum absolute atomic E-state index is 12.7. The first kappa shape index (κ1) is 18.9. The average molecular weight is 393 g/mol. The molecule has 0 atom stereocenters. The number of hydrogen-bond acceptors (Lipinski definition) is 5. The third kappa shape index (κ3) is 3.91. The second-order valence-corrected chi connectivity index (χ2v) is 7.40. The summed E-state index contributed by atoms with van der Waals surface area (Å²) in [4.78, 5) is 32.4. The van der Waals surface area contributed by atoms with Gasteiger partial charge < -0.3 is 10.1 Å². The number of nitrogens with one attached hydrogen (secondary N) is 2. The van der Waals surface area contributed by atoms with Crippen molar-refractivity contribution in [2.24, 2.45) is 0 Å². The van der Waals surface area contributed by atoms with Crippen molar-refractivity contribution in [1.82, 2.24) is 19.7 Å². The van der Waals surface area contributed by atoms with E-state index in [1.165, 1.54) is 4.68 Å². The van der Waals surface area contributed by atoms with E-state index in [2.05, 4.69) is 20.4 Å². The van der Waals surface area contributed by atoms with Crippen molar-refractivity contribution in [3.05, 3.63) is 63.2 Å². The maximum atomic E-state index is 12.7. The minimum Gasteiger partial charge on any atom is -0.491 e. The molecule has 1 amide bonds. The summed E-state index contributed by atoms with van der Waals surface area (Å²) >= 11 is 0. The quantitative estimate of drug-likeness (QED) is 0.694. The molecule has 8 nitrogen and oxygen atoms in total. The van der Waals surface area contributed by atoms with Gasteiger partial charge in [0, 0.05) is 17.2 Å². The molecular formula is C21H23N5O3. The van der Waals surface area contributed by atoms with E-state index in [0.29, 0.717) is 28.8 Å². The summed E-state index contributed by atoms with van der Waals surface area (Å²) < 4.78 is 7.07. The molecule has 0 unspecified atom stereocenters. The first-order valence-corrected chi connectivity index (χ1v) is 9.68. The van der Waals surface area contributed by atoms with Crippen LogP contribution in [-0.4, -0.2) is 31.8 Å². The molecule has 0 saturated heterocycles. The third-order valence-electron chi connectivity index (χ3n) is 4.69. The summed E-state index contributed by atoms with van der Waals surface area (Å²) in [5.74, 6) is 1.17. The van der Waals surface area contributed by atoms with E-state index < -0.39 is 0 Å². The van der Waals surface area contributed by atoms with Gasteiger partial charge in [-0.15, -0.1) is 0 Å². The second-order valence-electron chi connectivity index (χ2n) is 7.40. The summed E-state index contributed by atoms with van der Waals surface area (Å²) in [7, 11) is 0. The summed E-state index contributed by atoms with van der Waals surface area (Å²) in [6.07, 6.45) is 2.51. The molecule has 2 heterocycles. The highest BCUT2D eigenvalue weighted by molar-refractivity contribution is 6.04. The number of ether oxygens (including phenoxy) is 1. The van der Waals surface area contributed by atoms with Crippen LogP contribution in [0, 0.1) is 6.92 Å². The SMILES string of the molecule is Cc1cc(NC(=O)c2ccc(OC(C)C)cc2)n(-c2nc3c(c(=O)[nH]2)CCC3)n1. The number of benzene rings is 1. The number of aromatic nitrogens is 4. The number of hydrogen-bond donors (Lipinski definition) is 2. The fraction of sp³-hybridized carbons (Fsp3) is 0.333. The predicted molar refractivity (Wildman–Crippen MR) is 109 cm³/mol. The lowest BCUT2D eigenvalue weighted by Crippen LogP contribution is -2.21. The molecule has 29 heavy (non-hydrogen) atoms. The van der Waals surface area contributed by atoms with Crippen LogP contribution in [0.2, 0.25) is 0 Å². The summed E-state index contributed by atoms with van der Waals surface area (Å²) in [5.41, 5.74) is 2.58. The summed E-state index contributed by atoms with van der Waals surface area (Å²) in [6, 6.07) is 8.67. The van der Waals surface area contributed by atoms with Crippen LogP contribution in [0.4, 0.5) is 5.82 Å². The Balaban J connectivity index is 1.60. The third-order valence-corrected chi connectivity index (χ3v) is 4.69. The first-order chi connectivity index (χ1) is 13.9. The number of carbonyl (C=O) groups is 1. The van der Waals surface area contributed by atoms with Crippen molar-refractivity contribution < 1.29 is 9.53 Å². The Morgan fingerprint density at radius 1 is 1.24 bits per heavy atom. The van der Waals surface area contributed by atoms with Crippen molar-refractivity contribution in [1.29, 1.82) is 0 Å². The molecule has 0 aliphatic heterocycles. The molecule has 0 spiro atoms. The van der Waals surface area contributed by atoms with Gasteiger partial charge in [-0.05, 0) is 64.3 Å². The van der Waals surface area contributed by atoms with E-state index in [1.54, 1.807) is 30.3 Å². The van der Waals surface area contributed by atoms with Crippen molar-refractivity contribution in [2.45, 2.75) is 46.1 Å². The Bertz CT molecular complexity index is 1110. The normalized spacial score (nSPS) is 12.8. The van der Waals surface area contributed by atoms with Gasteiger partial charge in [0.05, 0.1) is 17.5 Å². The van der Waals surface area contributed by atoms with Gasteiger partial charge in [-0.25, -0.2) is 4.98 Å². The fourth-order valence-electron chi connectivity index (χ4n) is 3.42. The minimum atomic E-state index is -0.286. The monoisotopic (exact) mass is 393 g/mol. The summed E-state index contributed by atoms with van der Waals surface area (Å²) in [6.45, 7) is 5.71. The smallest absolute Gasteiger partial charge is 0.256 e. The lowest BCUT2D eigenvalue weighted by atomic mass is 10.2. The van der Waals surface area contributed by atoms with Gasteiger partial charge in [0.1, 0.15) is 11.6 Å². The molecule has 0 fully saturated rings. The Labute approximate surface area is 167 Å². The molecule has 1 aliphatic carbocycles. The topological polar surface area (TPSA) is 102 Å². The first-order valence-electron chi connectivity index (χ1n) is 9.68. The van der Waals surface area contributed by atoms with Crippen LogP contribution in [-0.2, 0) is 12.8 Å². The van der Waals surface area contributed by atoms with Gasteiger partial charge in [0.2, 0.25) is 5.95 Å². The maximum Gasteiger partial charge on any atom is 0.256 e. The minimum absolute atomic E-state index is 0.0639. The Morgan fingerprint density at radius 2 is 2.00 bits per heavy atom. The van der Waals surface area contributed by atoms with E-state index in [4.69, 9.17) is 4.74 Å². The molecule has 2 N–H and O–H groups in total. The van der Waals surface area contributed by atoms with Crippen molar-refractivity contribution in [3.8, 4) is 11.7 Å². The van der Waals surface area contributed by atoms with Crippen LogP contribution in [0.1, 0.15) is 47.6 Å².